The number of hydrogen-bond donors (Lipinski definition) is 2. The van der Waals surface area contributed by atoms with Crippen LogP contribution in [0.1, 0.15) is 31.1 Å². The summed E-state index contributed by atoms with van der Waals surface area (Å²) in [6.07, 6.45) is -0.782. The maximum atomic E-state index is 12.5. The van der Waals surface area contributed by atoms with Gasteiger partial charge in [-0.05, 0) is 49.2 Å². The Kier molecular flexibility index (Phi) is 5.86. The van der Waals surface area contributed by atoms with E-state index in [1.165, 1.54) is 0 Å². The van der Waals surface area contributed by atoms with Crippen molar-refractivity contribution < 1.29 is 14.6 Å². The van der Waals surface area contributed by atoms with Crippen LogP contribution in [0.5, 0.6) is 5.75 Å². The predicted octanol–water partition coefficient (Wildman–Crippen LogP) is 3.48. The Morgan fingerprint density at radius 2 is 1.92 bits per heavy atom. The molecule has 0 saturated carbocycles. The molecule has 0 spiro atoms. The first kappa shape index (κ1) is 18.3. The SMILES string of the molecule is COc1ccc(C(O)CNC(=O)C(C)(C)c2cccc(Cl)c2)cc1. The summed E-state index contributed by atoms with van der Waals surface area (Å²) in [6.45, 7) is 3.79. The molecule has 0 fully saturated rings. The van der Waals surface area contributed by atoms with E-state index in [1.54, 1.807) is 43.5 Å². The van der Waals surface area contributed by atoms with Gasteiger partial charge in [0.05, 0.1) is 18.6 Å². The van der Waals surface area contributed by atoms with Crippen LogP contribution in [0, 0.1) is 0 Å². The van der Waals surface area contributed by atoms with Gasteiger partial charge in [0.2, 0.25) is 5.91 Å². The summed E-state index contributed by atoms with van der Waals surface area (Å²) in [4.78, 5) is 12.5. The van der Waals surface area contributed by atoms with Crippen molar-refractivity contribution in [1.82, 2.24) is 5.32 Å². The molecule has 2 rings (SSSR count). The molecular formula is C19H22ClNO3. The predicted molar refractivity (Wildman–Crippen MR) is 95.4 cm³/mol. The van der Waals surface area contributed by atoms with Gasteiger partial charge in [-0.25, -0.2) is 0 Å². The minimum absolute atomic E-state index is 0.134. The number of halogens is 1. The van der Waals surface area contributed by atoms with E-state index in [0.29, 0.717) is 5.02 Å². The highest BCUT2D eigenvalue weighted by molar-refractivity contribution is 6.30. The summed E-state index contributed by atoms with van der Waals surface area (Å²) in [6, 6.07) is 14.3. The number of carbonyl (C=O) groups excluding carboxylic acids is 1. The zero-order valence-electron chi connectivity index (χ0n) is 14.0. The van der Waals surface area contributed by atoms with Crippen LogP contribution in [0.2, 0.25) is 5.02 Å². The summed E-state index contributed by atoms with van der Waals surface area (Å²) in [5.74, 6) is 0.550. The lowest BCUT2D eigenvalue weighted by Crippen LogP contribution is -2.41. The van der Waals surface area contributed by atoms with Gasteiger partial charge in [0, 0.05) is 11.6 Å². The van der Waals surface area contributed by atoms with E-state index in [-0.39, 0.29) is 12.5 Å². The lowest BCUT2D eigenvalue weighted by molar-refractivity contribution is -0.126. The molecule has 1 amide bonds. The zero-order chi connectivity index (χ0) is 17.7. The van der Waals surface area contributed by atoms with Gasteiger partial charge in [0.15, 0.2) is 0 Å². The Morgan fingerprint density at radius 3 is 2.50 bits per heavy atom. The van der Waals surface area contributed by atoms with Crippen LogP contribution in [0.3, 0.4) is 0 Å². The molecule has 4 nitrogen and oxygen atoms in total. The standard InChI is InChI=1S/C19H22ClNO3/c1-19(2,14-5-4-6-15(20)11-14)18(23)21-12-17(22)13-7-9-16(24-3)10-8-13/h4-11,17,22H,12H2,1-3H3,(H,21,23). The van der Waals surface area contributed by atoms with Gasteiger partial charge in [0.1, 0.15) is 5.75 Å². The first-order valence-electron chi connectivity index (χ1n) is 7.71. The largest absolute Gasteiger partial charge is 0.497 e. The molecule has 1 unspecified atom stereocenters. The first-order valence-corrected chi connectivity index (χ1v) is 8.08. The molecule has 0 aliphatic rings. The van der Waals surface area contributed by atoms with Crippen molar-refractivity contribution in [2.45, 2.75) is 25.4 Å². The molecule has 2 aromatic carbocycles. The number of hydrogen-bond acceptors (Lipinski definition) is 3. The highest BCUT2D eigenvalue weighted by atomic mass is 35.5. The number of aliphatic hydroxyl groups is 1. The van der Waals surface area contributed by atoms with Crippen LogP contribution in [-0.2, 0) is 10.2 Å². The highest BCUT2D eigenvalue weighted by Crippen LogP contribution is 2.26. The third kappa shape index (κ3) is 4.28. The summed E-state index contributed by atoms with van der Waals surface area (Å²) in [5, 5.41) is 13.6. The molecule has 2 N–H and O–H groups in total. The highest BCUT2D eigenvalue weighted by Gasteiger charge is 2.30. The number of ether oxygens (including phenoxy) is 1. The van der Waals surface area contributed by atoms with E-state index in [1.807, 2.05) is 26.0 Å². The second-order valence-electron chi connectivity index (χ2n) is 6.13. The van der Waals surface area contributed by atoms with Crippen LogP contribution in [-0.4, -0.2) is 24.7 Å². The Balaban J connectivity index is 2.00. The van der Waals surface area contributed by atoms with Crippen molar-refractivity contribution in [3.05, 3.63) is 64.7 Å². The third-order valence-electron chi connectivity index (χ3n) is 4.07. The fourth-order valence-corrected chi connectivity index (χ4v) is 2.55. The van der Waals surface area contributed by atoms with Crippen LogP contribution in [0.4, 0.5) is 0 Å². The molecular weight excluding hydrogens is 326 g/mol. The van der Waals surface area contributed by atoms with Gasteiger partial charge in [0.25, 0.3) is 0 Å². The van der Waals surface area contributed by atoms with Gasteiger partial charge >= 0.3 is 0 Å². The number of benzene rings is 2. The summed E-state index contributed by atoms with van der Waals surface area (Å²) < 4.78 is 5.09. The number of methoxy groups -OCH3 is 1. The molecule has 5 heteroatoms. The molecule has 0 saturated heterocycles. The summed E-state index contributed by atoms with van der Waals surface area (Å²) >= 11 is 6.01. The molecule has 0 heterocycles. The smallest absolute Gasteiger partial charge is 0.230 e. The minimum Gasteiger partial charge on any atom is -0.497 e. The molecule has 0 aromatic heterocycles. The fraction of sp³-hybridized carbons (Fsp3) is 0.316. The zero-order valence-corrected chi connectivity index (χ0v) is 14.8. The molecule has 0 bridgehead atoms. The molecule has 0 aliphatic carbocycles. The van der Waals surface area contributed by atoms with Crippen molar-refractivity contribution in [2.24, 2.45) is 0 Å². The van der Waals surface area contributed by atoms with Crippen molar-refractivity contribution in [2.75, 3.05) is 13.7 Å². The number of nitrogens with one attached hydrogen (secondary N) is 1. The fourth-order valence-electron chi connectivity index (χ4n) is 2.36. The van der Waals surface area contributed by atoms with Gasteiger partial charge in [-0.3, -0.25) is 4.79 Å². The molecule has 128 valence electrons. The Labute approximate surface area is 147 Å². The Bertz CT molecular complexity index is 698. The number of amides is 1. The summed E-state index contributed by atoms with van der Waals surface area (Å²) in [7, 11) is 1.59. The van der Waals surface area contributed by atoms with E-state index < -0.39 is 11.5 Å². The maximum Gasteiger partial charge on any atom is 0.230 e. The average Bonchev–Trinajstić information content (AvgIpc) is 2.59. The number of carbonyl (C=O) groups is 1. The lowest BCUT2D eigenvalue weighted by atomic mass is 9.83. The van der Waals surface area contributed by atoms with E-state index in [2.05, 4.69) is 5.32 Å². The van der Waals surface area contributed by atoms with E-state index >= 15 is 0 Å². The minimum atomic E-state index is -0.782. The normalized spacial score (nSPS) is 12.5. The van der Waals surface area contributed by atoms with Crippen LogP contribution in [0.25, 0.3) is 0 Å². The number of aliphatic hydroxyl groups excluding tert-OH is 1. The molecule has 24 heavy (non-hydrogen) atoms. The molecule has 0 radical (unpaired) electrons. The quantitative estimate of drug-likeness (QED) is 0.841. The van der Waals surface area contributed by atoms with Crippen LogP contribution >= 0.6 is 11.6 Å². The van der Waals surface area contributed by atoms with Crippen molar-refractivity contribution in [3.8, 4) is 5.75 Å². The van der Waals surface area contributed by atoms with Crippen LogP contribution in [0.15, 0.2) is 48.5 Å². The van der Waals surface area contributed by atoms with Crippen LogP contribution < -0.4 is 10.1 Å². The Hall–Kier alpha value is -2.04. The van der Waals surface area contributed by atoms with Crippen molar-refractivity contribution in [3.63, 3.8) is 0 Å². The van der Waals surface area contributed by atoms with Gasteiger partial charge in [-0.2, -0.15) is 0 Å². The Morgan fingerprint density at radius 1 is 1.25 bits per heavy atom. The van der Waals surface area contributed by atoms with Crippen molar-refractivity contribution >= 4 is 17.5 Å². The van der Waals surface area contributed by atoms with Gasteiger partial charge < -0.3 is 15.2 Å². The van der Waals surface area contributed by atoms with E-state index in [0.717, 1.165) is 16.9 Å². The van der Waals surface area contributed by atoms with Gasteiger partial charge in [-0.15, -0.1) is 0 Å². The maximum absolute atomic E-state index is 12.5. The first-order chi connectivity index (χ1) is 11.3. The average molecular weight is 348 g/mol. The molecule has 2 aromatic rings. The topological polar surface area (TPSA) is 58.6 Å². The van der Waals surface area contributed by atoms with E-state index in [4.69, 9.17) is 16.3 Å². The molecule has 0 aliphatic heterocycles. The third-order valence-corrected chi connectivity index (χ3v) is 4.31. The second-order valence-corrected chi connectivity index (χ2v) is 6.57. The van der Waals surface area contributed by atoms with Crippen molar-refractivity contribution in [1.29, 1.82) is 0 Å². The summed E-state index contributed by atoms with van der Waals surface area (Å²) in [5.41, 5.74) is 0.799. The molecule has 1 atom stereocenters. The van der Waals surface area contributed by atoms with E-state index in [9.17, 15) is 9.90 Å². The lowest BCUT2D eigenvalue weighted by Gasteiger charge is -2.25. The monoisotopic (exact) mass is 347 g/mol. The number of rotatable bonds is 6. The second kappa shape index (κ2) is 7.69. The van der Waals surface area contributed by atoms with Gasteiger partial charge in [-0.1, -0.05) is 35.9 Å².